The van der Waals surface area contributed by atoms with E-state index in [-0.39, 0.29) is 23.7 Å². The van der Waals surface area contributed by atoms with E-state index in [1.165, 1.54) is 19.2 Å². The third kappa shape index (κ3) is 2.55. The maximum Gasteiger partial charge on any atom is 0.243 e. The van der Waals surface area contributed by atoms with Gasteiger partial charge in [0.1, 0.15) is 0 Å². The molecule has 1 saturated heterocycles. The smallest absolute Gasteiger partial charge is 0.243 e. The van der Waals surface area contributed by atoms with Crippen molar-refractivity contribution in [3.05, 3.63) is 24.0 Å². The van der Waals surface area contributed by atoms with Gasteiger partial charge in [0.15, 0.2) is 11.6 Å². The number of halogens is 3. The van der Waals surface area contributed by atoms with Gasteiger partial charge in [0.25, 0.3) is 0 Å². The predicted molar refractivity (Wildman–Crippen MR) is 61.2 cm³/mol. The SMILES string of the molecule is COc1ccc(S(=O)(=O)N2CC(C(F)F)C2)cc1F. The second-order valence-electron chi connectivity index (χ2n) is 4.21. The molecule has 2 rings (SSSR count). The number of ether oxygens (including phenoxy) is 1. The first-order valence-electron chi connectivity index (χ1n) is 5.48. The molecule has 0 spiro atoms. The maximum absolute atomic E-state index is 13.4. The molecule has 4 nitrogen and oxygen atoms in total. The van der Waals surface area contributed by atoms with Gasteiger partial charge in [-0.05, 0) is 18.2 Å². The molecule has 0 saturated carbocycles. The second kappa shape index (κ2) is 5.01. The van der Waals surface area contributed by atoms with Gasteiger partial charge >= 0.3 is 0 Å². The third-order valence-electron chi connectivity index (χ3n) is 2.99. The van der Waals surface area contributed by atoms with E-state index in [1.807, 2.05) is 0 Å². The predicted octanol–water partition coefficient (Wildman–Crippen LogP) is 1.72. The molecule has 0 bridgehead atoms. The Kier molecular flexibility index (Phi) is 3.73. The zero-order valence-corrected chi connectivity index (χ0v) is 10.8. The Labute approximate surface area is 108 Å². The largest absolute Gasteiger partial charge is 0.494 e. The van der Waals surface area contributed by atoms with E-state index in [1.54, 1.807) is 0 Å². The summed E-state index contributed by atoms with van der Waals surface area (Å²) in [4.78, 5) is -0.265. The minimum Gasteiger partial charge on any atom is -0.494 e. The summed E-state index contributed by atoms with van der Waals surface area (Å²) in [6, 6.07) is 3.20. The van der Waals surface area contributed by atoms with Gasteiger partial charge in [-0.2, -0.15) is 4.31 Å². The topological polar surface area (TPSA) is 46.6 Å². The van der Waals surface area contributed by atoms with Crippen molar-refractivity contribution in [3.8, 4) is 5.75 Å². The summed E-state index contributed by atoms with van der Waals surface area (Å²) in [5.41, 5.74) is 0. The highest BCUT2D eigenvalue weighted by molar-refractivity contribution is 7.89. The second-order valence-corrected chi connectivity index (χ2v) is 6.15. The molecule has 0 N–H and O–H groups in total. The Morgan fingerprint density at radius 2 is 2.00 bits per heavy atom. The van der Waals surface area contributed by atoms with Gasteiger partial charge in [-0.15, -0.1) is 0 Å². The Hall–Kier alpha value is -1.28. The van der Waals surface area contributed by atoms with Crippen LogP contribution in [0.1, 0.15) is 0 Å². The van der Waals surface area contributed by atoms with Crippen molar-refractivity contribution in [2.75, 3.05) is 20.2 Å². The first-order chi connectivity index (χ1) is 8.86. The molecule has 1 fully saturated rings. The summed E-state index contributed by atoms with van der Waals surface area (Å²) in [5, 5.41) is 0. The van der Waals surface area contributed by atoms with Crippen molar-refractivity contribution in [1.82, 2.24) is 4.31 Å². The summed E-state index contributed by atoms with van der Waals surface area (Å²) in [6.45, 7) is -0.485. The van der Waals surface area contributed by atoms with Gasteiger partial charge < -0.3 is 4.74 Å². The first-order valence-corrected chi connectivity index (χ1v) is 6.92. The number of methoxy groups -OCH3 is 1. The zero-order chi connectivity index (χ0) is 14.2. The van der Waals surface area contributed by atoms with Crippen LogP contribution in [0.5, 0.6) is 5.75 Å². The summed E-state index contributed by atoms with van der Waals surface area (Å²) in [5.74, 6) is -1.83. The summed E-state index contributed by atoms with van der Waals surface area (Å²) >= 11 is 0. The minimum absolute atomic E-state index is 0.0759. The van der Waals surface area contributed by atoms with Crippen LogP contribution < -0.4 is 4.74 Å². The molecule has 1 aliphatic heterocycles. The molecule has 19 heavy (non-hydrogen) atoms. The van der Waals surface area contributed by atoms with Gasteiger partial charge in [-0.1, -0.05) is 0 Å². The van der Waals surface area contributed by atoms with Crippen LogP contribution in [0.4, 0.5) is 13.2 Å². The lowest BCUT2D eigenvalue weighted by molar-refractivity contribution is 0.0123. The fourth-order valence-corrected chi connectivity index (χ4v) is 3.35. The van der Waals surface area contributed by atoms with Crippen LogP contribution in [-0.2, 0) is 10.0 Å². The molecule has 0 aromatic heterocycles. The highest BCUT2D eigenvalue weighted by Gasteiger charge is 2.41. The van der Waals surface area contributed by atoms with E-state index in [2.05, 4.69) is 4.74 Å². The monoisotopic (exact) mass is 295 g/mol. The van der Waals surface area contributed by atoms with E-state index < -0.39 is 28.2 Å². The van der Waals surface area contributed by atoms with E-state index in [0.29, 0.717) is 0 Å². The summed E-state index contributed by atoms with van der Waals surface area (Å²) < 4.78 is 67.7. The lowest BCUT2D eigenvalue weighted by atomic mass is 10.1. The molecule has 0 radical (unpaired) electrons. The highest BCUT2D eigenvalue weighted by atomic mass is 32.2. The van der Waals surface area contributed by atoms with Gasteiger partial charge in [-0.25, -0.2) is 21.6 Å². The number of alkyl halides is 2. The molecule has 106 valence electrons. The lowest BCUT2D eigenvalue weighted by Crippen LogP contribution is -2.52. The summed E-state index contributed by atoms with van der Waals surface area (Å²) in [7, 11) is -2.65. The molecule has 1 heterocycles. The lowest BCUT2D eigenvalue weighted by Gasteiger charge is -2.37. The van der Waals surface area contributed by atoms with Gasteiger partial charge in [0, 0.05) is 19.0 Å². The Balaban J connectivity index is 2.20. The van der Waals surface area contributed by atoms with Crippen molar-refractivity contribution in [1.29, 1.82) is 0 Å². The fraction of sp³-hybridized carbons (Fsp3) is 0.455. The highest BCUT2D eigenvalue weighted by Crippen LogP contribution is 2.30. The zero-order valence-electron chi connectivity index (χ0n) is 10.0. The van der Waals surface area contributed by atoms with Gasteiger partial charge in [0.2, 0.25) is 16.4 Å². The Morgan fingerprint density at radius 1 is 1.37 bits per heavy atom. The minimum atomic E-state index is -3.91. The number of nitrogens with zero attached hydrogens (tertiary/aromatic N) is 1. The van der Waals surface area contributed by atoms with Crippen LogP contribution in [0.25, 0.3) is 0 Å². The van der Waals surface area contributed by atoms with Crippen molar-refractivity contribution in [2.45, 2.75) is 11.3 Å². The molecule has 1 aliphatic rings. The average molecular weight is 295 g/mol. The molecule has 0 atom stereocenters. The average Bonchev–Trinajstić information content (AvgIpc) is 2.25. The van der Waals surface area contributed by atoms with E-state index in [0.717, 1.165) is 10.4 Å². The van der Waals surface area contributed by atoms with E-state index in [4.69, 9.17) is 0 Å². The van der Waals surface area contributed by atoms with Crippen molar-refractivity contribution in [2.24, 2.45) is 5.92 Å². The van der Waals surface area contributed by atoms with Crippen molar-refractivity contribution in [3.63, 3.8) is 0 Å². The third-order valence-corrected chi connectivity index (χ3v) is 4.82. The molecular weight excluding hydrogens is 283 g/mol. The number of rotatable bonds is 4. The molecule has 1 aromatic carbocycles. The molecule has 0 amide bonds. The van der Waals surface area contributed by atoms with Crippen molar-refractivity contribution < 1.29 is 26.3 Å². The Bertz CT molecular complexity index is 571. The van der Waals surface area contributed by atoms with Crippen LogP contribution in [0.2, 0.25) is 0 Å². The molecule has 1 aromatic rings. The normalized spacial score (nSPS) is 17.5. The van der Waals surface area contributed by atoms with Crippen LogP contribution >= 0.6 is 0 Å². The first kappa shape index (κ1) is 14.1. The van der Waals surface area contributed by atoms with Gasteiger partial charge in [-0.3, -0.25) is 0 Å². The van der Waals surface area contributed by atoms with Crippen LogP contribution in [0.15, 0.2) is 23.1 Å². The van der Waals surface area contributed by atoms with E-state index >= 15 is 0 Å². The number of benzene rings is 1. The van der Waals surface area contributed by atoms with E-state index in [9.17, 15) is 21.6 Å². The number of hydrogen-bond acceptors (Lipinski definition) is 3. The quantitative estimate of drug-likeness (QED) is 0.849. The standard InChI is InChI=1S/C11H12F3NO3S/c1-18-10-3-2-8(4-9(10)12)19(16,17)15-5-7(6-15)11(13)14/h2-4,7,11H,5-6H2,1H3. The van der Waals surface area contributed by atoms with Crippen LogP contribution in [0, 0.1) is 11.7 Å². The maximum atomic E-state index is 13.4. The van der Waals surface area contributed by atoms with Gasteiger partial charge in [0.05, 0.1) is 12.0 Å². The molecular formula is C11H12F3NO3S. The summed E-state index contributed by atoms with van der Waals surface area (Å²) in [6.07, 6.45) is -2.54. The van der Waals surface area contributed by atoms with Crippen LogP contribution in [-0.4, -0.2) is 39.3 Å². The Morgan fingerprint density at radius 3 is 2.47 bits per heavy atom. The van der Waals surface area contributed by atoms with Crippen LogP contribution in [0.3, 0.4) is 0 Å². The molecule has 8 heteroatoms. The van der Waals surface area contributed by atoms with Crippen molar-refractivity contribution >= 4 is 10.0 Å². The molecule has 0 aliphatic carbocycles. The molecule has 0 unspecified atom stereocenters. The number of hydrogen-bond donors (Lipinski definition) is 0. The number of sulfonamides is 1. The fourth-order valence-electron chi connectivity index (χ4n) is 1.78.